The van der Waals surface area contributed by atoms with Crippen molar-refractivity contribution >= 4 is 0 Å². The lowest BCUT2D eigenvalue weighted by Crippen LogP contribution is -3.00. The van der Waals surface area contributed by atoms with Gasteiger partial charge in [0.15, 0.2) is 0 Å². The first-order valence-electron chi connectivity index (χ1n) is 3.10. The molecule has 0 spiro atoms. The molecule has 1 unspecified atom stereocenters. The van der Waals surface area contributed by atoms with Gasteiger partial charge in [0, 0.05) is 6.42 Å². The summed E-state index contributed by atoms with van der Waals surface area (Å²) < 4.78 is 0.987. The van der Waals surface area contributed by atoms with E-state index in [1.165, 1.54) is 0 Å². The zero-order valence-corrected chi connectivity index (χ0v) is 8.13. The molecule has 1 rings (SSSR count). The Hall–Kier alpha value is 0.650. The number of hydrogen-bond acceptors (Lipinski definition) is 1. The number of nitrogens with zero attached hydrogens (tertiary/aromatic N) is 1. The molecular formula is C6H14INO. The van der Waals surface area contributed by atoms with Crippen LogP contribution in [0.4, 0.5) is 0 Å². The van der Waals surface area contributed by atoms with E-state index in [0.29, 0.717) is 0 Å². The van der Waals surface area contributed by atoms with Crippen molar-refractivity contribution in [2.24, 2.45) is 0 Å². The second kappa shape index (κ2) is 3.16. The van der Waals surface area contributed by atoms with E-state index in [1.807, 2.05) is 0 Å². The Bertz CT molecular complexity index is 95.1. The van der Waals surface area contributed by atoms with Crippen LogP contribution < -0.4 is 24.0 Å². The van der Waals surface area contributed by atoms with E-state index in [2.05, 4.69) is 14.1 Å². The van der Waals surface area contributed by atoms with Crippen LogP contribution in [0.25, 0.3) is 0 Å². The van der Waals surface area contributed by atoms with Gasteiger partial charge in [0.2, 0.25) is 0 Å². The number of likely N-dealkylation sites (N-methyl/N-ethyl adjacent to an activating group) is 1. The Balaban J connectivity index is 0.000000640. The van der Waals surface area contributed by atoms with Crippen LogP contribution in [0, 0.1) is 0 Å². The Morgan fingerprint density at radius 3 is 2.11 bits per heavy atom. The van der Waals surface area contributed by atoms with Crippen LogP contribution in [0.15, 0.2) is 0 Å². The van der Waals surface area contributed by atoms with Crippen molar-refractivity contribution in [3.8, 4) is 0 Å². The van der Waals surface area contributed by atoms with Gasteiger partial charge in [-0.25, -0.2) is 0 Å². The number of rotatable bonds is 0. The van der Waals surface area contributed by atoms with Crippen LogP contribution in [0.3, 0.4) is 0 Å². The van der Waals surface area contributed by atoms with E-state index < -0.39 is 0 Å². The first kappa shape index (κ1) is 9.65. The van der Waals surface area contributed by atoms with Gasteiger partial charge in [-0.3, -0.25) is 0 Å². The monoisotopic (exact) mass is 243 g/mol. The predicted molar refractivity (Wildman–Crippen MR) is 32.5 cm³/mol. The largest absolute Gasteiger partial charge is 1.00 e. The molecule has 0 bridgehead atoms. The van der Waals surface area contributed by atoms with E-state index in [0.717, 1.165) is 24.0 Å². The maximum Gasteiger partial charge on any atom is 0.108 e. The highest BCUT2D eigenvalue weighted by molar-refractivity contribution is 4.60. The minimum absolute atomic E-state index is 0. The van der Waals surface area contributed by atoms with Crippen LogP contribution in [-0.2, 0) is 0 Å². The molecule has 1 heterocycles. The summed E-state index contributed by atoms with van der Waals surface area (Å²) in [6.45, 7) is 2.06. The topological polar surface area (TPSA) is 20.2 Å². The van der Waals surface area contributed by atoms with Crippen molar-refractivity contribution in [2.45, 2.75) is 12.5 Å². The lowest BCUT2D eigenvalue weighted by molar-refractivity contribution is -0.879. The SMILES string of the molecule is C[N+]1(C)CCC(O)C1.[I-]. The summed E-state index contributed by atoms with van der Waals surface area (Å²) in [5.74, 6) is 0. The van der Waals surface area contributed by atoms with Gasteiger partial charge in [-0.2, -0.15) is 0 Å². The maximum atomic E-state index is 9.05. The normalized spacial score (nSPS) is 31.7. The highest BCUT2D eigenvalue weighted by Crippen LogP contribution is 2.12. The summed E-state index contributed by atoms with van der Waals surface area (Å²) in [5.41, 5.74) is 0. The highest BCUT2D eigenvalue weighted by Gasteiger charge is 2.28. The van der Waals surface area contributed by atoms with Crippen molar-refractivity contribution < 1.29 is 33.6 Å². The van der Waals surface area contributed by atoms with E-state index >= 15 is 0 Å². The molecule has 56 valence electrons. The van der Waals surface area contributed by atoms with E-state index in [-0.39, 0.29) is 30.1 Å². The molecule has 1 atom stereocenters. The molecule has 0 amide bonds. The van der Waals surface area contributed by atoms with Crippen molar-refractivity contribution in [1.82, 2.24) is 0 Å². The van der Waals surface area contributed by atoms with Gasteiger partial charge in [-0.05, 0) is 0 Å². The minimum Gasteiger partial charge on any atom is -1.00 e. The summed E-state index contributed by atoms with van der Waals surface area (Å²) in [7, 11) is 4.30. The van der Waals surface area contributed by atoms with Gasteiger partial charge in [-0.15, -0.1) is 0 Å². The van der Waals surface area contributed by atoms with Crippen LogP contribution >= 0.6 is 0 Å². The molecule has 1 aliphatic heterocycles. The lowest BCUT2D eigenvalue weighted by atomic mass is 10.3. The van der Waals surface area contributed by atoms with Gasteiger partial charge in [0.25, 0.3) is 0 Å². The third-order valence-corrected chi connectivity index (χ3v) is 1.77. The molecule has 0 saturated carbocycles. The fraction of sp³-hybridized carbons (Fsp3) is 1.00. The second-order valence-electron chi connectivity index (χ2n) is 3.28. The Morgan fingerprint density at radius 1 is 1.44 bits per heavy atom. The minimum atomic E-state index is -0.0370. The van der Waals surface area contributed by atoms with Crippen molar-refractivity contribution in [3.05, 3.63) is 0 Å². The molecule has 0 radical (unpaired) electrons. The average molecular weight is 243 g/mol. The van der Waals surface area contributed by atoms with Crippen LogP contribution in [0.5, 0.6) is 0 Å². The summed E-state index contributed by atoms with van der Waals surface area (Å²) in [4.78, 5) is 0. The number of aliphatic hydroxyl groups excluding tert-OH is 1. The zero-order valence-electron chi connectivity index (χ0n) is 5.97. The number of quaternary nitrogens is 1. The van der Waals surface area contributed by atoms with E-state index in [9.17, 15) is 0 Å². The number of likely N-dealkylation sites (tertiary alicyclic amines) is 1. The van der Waals surface area contributed by atoms with Crippen LogP contribution in [-0.4, -0.2) is 42.9 Å². The van der Waals surface area contributed by atoms with Crippen LogP contribution in [0.1, 0.15) is 6.42 Å². The predicted octanol–water partition coefficient (Wildman–Crippen LogP) is -3.17. The summed E-state index contributed by atoms with van der Waals surface area (Å²) in [5, 5.41) is 9.05. The van der Waals surface area contributed by atoms with Gasteiger partial charge in [0.05, 0.1) is 20.6 Å². The van der Waals surface area contributed by atoms with Crippen molar-refractivity contribution in [2.75, 3.05) is 27.2 Å². The molecule has 1 aliphatic rings. The summed E-state index contributed by atoms with van der Waals surface area (Å²) in [6, 6.07) is 0. The lowest BCUT2D eigenvalue weighted by Gasteiger charge is -2.22. The molecule has 1 N–H and O–H groups in total. The first-order valence-corrected chi connectivity index (χ1v) is 3.10. The Labute approximate surface area is 73.5 Å². The Morgan fingerprint density at radius 2 is 2.00 bits per heavy atom. The van der Waals surface area contributed by atoms with Crippen molar-refractivity contribution in [3.63, 3.8) is 0 Å². The van der Waals surface area contributed by atoms with E-state index in [1.54, 1.807) is 0 Å². The highest BCUT2D eigenvalue weighted by atomic mass is 127. The Kier molecular flexibility index (Phi) is 3.39. The number of hydrogen-bond donors (Lipinski definition) is 1. The third kappa shape index (κ3) is 2.82. The summed E-state index contributed by atoms with van der Waals surface area (Å²) >= 11 is 0. The van der Waals surface area contributed by atoms with E-state index in [4.69, 9.17) is 5.11 Å². The van der Waals surface area contributed by atoms with Gasteiger partial charge in [0.1, 0.15) is 12.6 Å². The van der Waals surface area contributed by atoms with Crippen molar-refractivity contribution in [1.29, 1.82) is 0 Å². The van der Waals surface area contributed by atoms with Gasteiger partial charge < -0.3 is 33.6 Å². The fourth-order valence-corrected chi connectivity index (χ4v) is 1.25. The molecule has 9 heavy (non-hydrogen) atoms. The molecule has 0 aliphatic carbocycles. The maximum absolute atomic E-state index is 9.05. The molecular weight excluding hydrogens is 229 g/mol. The molecule has 2 nitrogen and oxygen atoms in total. The molecule has 3 heteroatoms. The zero-order chi connectivity index (χ0) is 6.20. The smallest absolute Gasteiger partial charge is 0.108 e. The molecule has 1 saturated heterocycles. The number of aliphatic hydroxyl groups is 1. The first-order chi connectivity index (χ1) is 3.60. The molecule has 0 aromatic carbocycles. The molecule has 0 aromatic heterocycles. The third-order valence-electron chi connectivity index (χ3n) is 1.77. The summed E-state index contributed by atoms with van der Waals surface area (Å²) in [6.07, 6.45) is 0.942. The fourth-order valence-electron chi connectivity index (χ4n) is 1.25. The standard InChI is InChI=1S/C6H14NO.HI/c1-7(2)4-3-6(8)5-7;/h6,8H,3-5H2,1-2H3;1H/q+1;/p-1. The quantitative estimate of drug-likeness (QED) is 0.351. The number of halogens is 1. The second-order valence-corrected chi connectivity index (χ2v) is 3.28. The van der Waals surface area contributed by atoms with Crippen LogP contribution in [0.2, 0.25) is 0 Å². The van der Waals surface area contributed by atoms with Gasteiger partial charge >= 0.3 is 0 Å². The van der Waals surface area contributed by atoms with Gasteiger partial charge in [-0.1, -0.05) is 0 Å². The molecule has 0 aromatic rings. The average Bonchev–Trinajstić information content (AvgIpc) is 1.82. The molecule has 1 fully saturated rings.